The van der Waals surface area contributed by atoms with Gasteiger partial charge in [-0.15, -0.1) is 0 Å². The van der Waals surface area contributed by atoms with Crippen LogP contribution in [-0.4, -0.2) is 26.3 Å². The van der Waals surface area contributed by atoms with Gasteiger partial charge in [-0.05, 0) is 6.92 Å². The molecule has 0 aliphatic carbocycles. The summed E-state index contributed by atoms with van der Waals surface area (Å²) in [4.78, 5) is 7.53. The van der Waals surface area contributed by atoms with Crippen LogP contribution < -0.4 is 4.72 Å². The quantitative estimate of drug-likeness (QED) is 0.605. The molecule has 0 amide bonds. The fraction of sp³-hybridized carbons (Fsp3) is 0.333. The van der Waals surface area contributed by atoms with Crippen LogP contribution in [0.5, 0.6) is 0 Å². The molecule has 7 heteroatoms. The van der Waals surface area contributed by atoms with Gasteiger partial charge in [0.25, 0.3) is 0 Å². The average Bonchev–Trinajstić information content (AvgIpc) is 2.24. The first-order valence-electron chi connectivity index (χ1n) is 4.52. The van der Waals surface area contributed by atoms with E-state index in [0.29, 0.717) is 6.42 Å². The highest BCUT2D eigenvalue weighted by Gasteiger charge is 2.07. The average molecular weight is 264 g/mol. The Labute approximate surface area is 101 Å². The molecule has 0 heterocycles. The molecule has 0 spiro atoms. The van der Waals surface area contributed by atoms with Crippen molar-refractivity contribution >= 4 is 33.8 Å². The molecule has 0 atom stereocenters. The summed E-state index contributed by atoms with van der Waals surface area (Å²) in [5, 5.41) is 0. The third kappa shape index (κ3) is 7.19. The minimum Gasteiger partial charge on any atom is -0.251 e. The van der Waals surface area contributed by atoms with Crippen molar-refractivity contribution in [3.63, 3.8) is 0 Å². The second-order valence-corrected chi connectivity index (χ2v) is 4.81. The minimum absolute atomic E-state index is 0.0141. The zero-order chi connectivity index (χ0) is 12.4. The van der Waals surface area contributed by atoms with Gasteiger partial charge in [-0.1, -0.05) is 24.3 Å². The summed E-state index contributed by atoms with van der Waals surface area (Å²) in [5.74, 6) is -0.0555. The van der Waals surface area contributed by atoms with E-state index in [2.05, 4.69) is 21.3 Å². The van der Waals surface area contributed by atoms with Crippen molar-refractivity contribution in [2.75, 3.05) is 5.75 Å². The van der Waals surface area contributed by atoms with Crippen LogP contribution in [0.3, 0.4) is 0 Å². The summed E-state index contributed by atoms with van der Waals surface area (Å²) in [6.45, 7) is 4.89. The highest BCUT2D eigenvalue weighted by atomic mass is 35.5. The fourth-order valence-corrected chi connectivity index (χ4v) is 1.27. The summed E-state index contributed by atoms with van der Waals surface area (Å²) < 4.78 is 24.7. The highest BCUT2D eigenvalue weighted by Crippen LogP contribution is 1.88. The molecule has 0 saturated heterocycles. The highest BCUT2D eigenvalue weighted by molar-refractivity contribution is 7.90. The molecule has 0 fully saturated rings. The first-order valence-corrected chi connectivity index (χ1v) is 6.61. The predicted molar refractivity (Wildman–Crippen MR) is 68.3 cm³/mol. The summed E-state index contributed by atoms with van der Waals surface area (Å²) in [5.41, 5.74) is 1.35. The maximum atomic E-state index is 11.2. The predicted octanol–water partition coefficient (Wildman–Crippen LogP) is 1.64. The molecule has 0 aliphatic rings. The largest absolute Gasteiger partial charge is 0.251 e. The van der Waals surface area contributed by atoms with Crippen molar-refractivity contribution in [3.8, 4) is 0 Å². The molecule has 0 aromatic rings. The zero-order valence-corrected chi connectivity index (χ0v) is 10.5. The van der Waals surface area contributed by atoms with Crippen LogP contribution in [-0.2, 0) is 10.0 Å². The van der Waals surface area contributed by atoms with Gasteiger partial charge in [-0.25, -0.2) is 18.4 Å². The van der Waals surface area contributed by atoms with Gasteiger partial charge >= 0.3 is 0 Å². The lowest BCUT2D eigenvalue weighted by Crippen LogP contribution is -2.30. The number of rotatable bonds is 5. The van der Waals surface area contributed by atoms with Gasteiger partial charge in [-0.2, -0.15) is 0 Å². The Morgan fingerprint density at radius 3 is 2.75 bits per heavy atom. The molecule has 0 saturated carbocycles. The SMILES string of the molecule is C=C/N=C(\N=C\C/C=C/Cl)NS(=O)(=O)CC. The van der Waals surface area contributed by atoms with Crippen molar-refractivity contribution in [3.05, 3.63) is 24.4 Å². The molecule has 0 aliphatic heterocycles. The van der Waals surface area contributed by atoms with E-state index in [1.54, 1.807) is 6.08 Å². The van der Waals surface area contributed by atoms with E-state index in [1.165, 1.54) is 24.9 Å². The topological polar surface area (TPSA) is 70.9 Å². The number of nitrogens with zero attached hydrogens (tertiary/aromatic N) is 2. The molecule has 0 unspecified atom stereocenters. The fourth-order valence-electron chi connectivity index (χ4n) is 0.635. The number of hydrogen-bond donors (Lipinski definition) is 1. The van der Waals surface area contributed by atoms with Crippen molar-refractivity contribution in [2.45, 2.75) is 13.3 Å². The molecular weight excluding hydrogens is 250 g/mol. The second kappa shape index (κ2) is 8.06. The minimum atomic E-state index is -3.37. The molecule has 90 valence electrons. The summed E-state index contributed by atoms with van der Waals surface area (Å²) in [6, 6.07) is 0. The molecule has 0 aromatic heterocycles. The van der Waals surface area contributed by atoms with E-state index >= 15 is 0 Å². The maximum absolute atomic E-state index is 11.2. The molecule has 0 aromatic carbocycles. The van der Waals surface area contributed by atoms with Gasteiger partial charge in [-0.3, -0.25) is 4.72 Å². The monoisotopic (exact) mass is 263 g/mol. The Bertz CT molecular complexity index is 399. The lowest BCUT2D eigenvalue weighted by Gasteiger charge is -2.03. The number of nitrogens with one attached hydrogen (secondary N) is 1. The molecule has 0 bridgehead atoms. The van der Waals surface area contributed by atoms with Crippen molar-refractivity contribution in [2.24, 2.45) is 9.98 Å². The number of hydrogen-bond acceptors (Lipinski definition) is 3. The van der Waals surface area contributed by atoms with Crippen LogP contribution in [0.15, 0.2) is 34.4 Å². The van der Waals surface area contributed by atoms with Crippen LogP contribution in [0.1, 0.15) is 13.3 Å². The first kappa shape index (κ1) is 14.9. The third-order valence-electron chi connectivity index (χ3n) is 1.38. The molecule has 1 N–H and O–H groups in total. The van der Waals surface area contributed by atoms with Crippen LogP contribution in [0.2, 0.25) is 0 Å². The van der Waals surface area contributed by atoms with Crippen LogP contribution in [0.4, 0.5) is 0 Å². The van der Waals surface area contributed by atoms with E-state index in [9.17, 15) is 8.42 Å². The van der Waals surface area contributed by atoms with E-state index in [4.69, 9.17) is 11.6 Å². The summed E-state index contributed by atoms with van der Waals surface area (Å²) in [7, 11) is -3.37. The van der Waals surface area contributed by atoms with Gasteiger partial charge < -0.3 is 0 Å². The van der Waals surface area contributed by atoms with Crippen LogP contribution in [0, 0.1) is 0 Å². The maximum Gasteiger partial charge on any atom is 0.236 e. The van der Waals surface area contributed by atoms with Gasteiger partial charge in [0.2, 0.25) is 16.0 Å². The molecular formula is C9H14ClN3O2S. The summed E-state index contributed by atoms with van der Waals surface area (Å²) >= 11 is 5.31. The van der Waals surface area contributed by atoms with E-state index in [0.717, 1.165) is 0 Å². The van der Waals surface area contributed by atoms with Crippen LogP contribution in [0.25, 0.3) is 0 Å². The van der Waals surface area contributed by atoms with Gasteiger partial charge in [0.15, 0.2) is 0 Å². The van der Waals surface area contributed by atoms with Crippen molar-refractivity contribution in [1.29, 1.82) is 0 Å². The Morgan fingerprint density at radius 2 is 2.25 bits per heavy atom. The van der Waals surface area contributed by atoms with Gasteiger partial charge in [0.1, 0.15) is 0 Å². The van der Waals surface area contributed by atoms with E-state index < -0.39 is 10.0 Å². The first-order chi connectivity index (χ1) is 7.55. The van der Waals surface area contributed by atoms with Gasteiger partial charge in [0, 0.05) is 24.4 Å². The number of aliphatic imine (C=N–C) groups is 2. The van der Waals surface area contributed by atoms with E-state index in [1.807, 2.05) is 0 Å². The lowest BCUT2D eigenvalue weighted by molar-refractivity contribution is 0.593. The van der Waals surface area contributed by atoms with Gasteiger partial charge in [0.05, 0.1) is 5.75 Å². The zero-order valence-electron chi connectivity index (χ0n) is 8.93. The molecule has 16 heavy (non-hydrogen) atoms. The summed E-state index contributed by atoms with van der Waals surface area (Å²) in [6.07, 6.45) is 4.85. The van der Waals surface area contributed by atoms with Crippen LogP contribution >= 0.6 is 11.6 Å². The second-order valence-electron chi connectivity index (χ2n) is 2.55. The standard InChI is InChI=1S/C9H14ClN3O2S/c1-3-11-9(12-8-6-5-7-10)13-16(14,15)4-2/h3,5,7-8H,1,4,6H2,2H3,(H,11,13)/b7-5+,12-8+. The molecule has 0 radical (unpaired) electrons. The number of allylic oxidation sites excluding steroid dienone is 1. The molecule has 5 nitrogen and oxygen atoms in total. The Morgan fingerprint density at radius 1 is 1.56 bits per heavy atom. The normalized spacial score (nSPS) is 13.5. The van der Waals surface area contributed by atoms with Crippen molar-refractivity contribution in [1.82, 2.24) is 4.72 Å². The Hall–Kier alpha value is -1.14. The van der Waals surface area contributed by atoms with E-state index in [-0.39, 0.29) is 11.7 Å². The lowest BCUT2D eigenvalue weighted by atomic mass is 10.5. The number of halogens is 1. The van der Waals surface area contributed by atoms with Crippen molar-refractivity contribution < 1.29 is 8.42 Å². The number of guanidine groups is 1. The smallest absolute Gasteiger partial charge is 0.236 e. The Balaban J connectivity index is 4.59. The third-order valence-corrected chi connectivity index (χ3v) is 2.82. The number of sulfonamides is 1. The molecule has 0 rings (SSSR count). The Kier molecular flexibility index (Phi) is 7.49.